The van der Waals surface area contributed by atoms with Gasteiger partial charge in [0.1, 0.15) is 0 Å². The highest BCUT2D eigenvalue weighted by atomic mass is 35.5. The summed E-state index contributed by atoms with van der Waals surface area (Å²) in [6.07, 6.45) is 3.19. The van der Waals surface area contributed by atoms with Crippen molar-refractivity contribution in [3.8, 4) is 0 Å². The third-order valence-corrected chi connectivity index (χ3v) is 4.53. The predicted molar refractivity (Wildman–Crippen MR) is 86.3 cm³/mol. The lowest BCUT2D eigenvalue weighted by Gasteiger charge is -2.35. The van der Waals surface area contributed by atoms with Gasteiger partial charge in [0, 0.05) is 16.1 Å². The van der Waals surface area contributed by atoms with Gasteiger partial charge in [0.25, 0.3) is 0 Å². The number of nitrogens with one attached hydrogen (secondary N) is 1. The maximum absolute atomic E-state index is 6.28. The van der Waals surface area contributed by atoms with Gasteiger partial charge in [-0.3, -0.25) is 0 Å². The molecule has 0 bridgehead atoms. The molecule has 1 aromatic rings. The molecule has 0 fully saturated rings. The van der Waals surface area contributed by atoms with E-state index in [4.69, 9.17) is 23.2 Å². The van der Waals surface area contributed by atoms with E-state index in [1.807, 2.05) is 18.2 Å². The summed E-state index contributed by atoms with van der Waals surface area (Å²) in [5.41, 5.74) is 1.37. The van der Waals surface area contributed by atoms with Gasteiger partial charge in [-0.05, 0) is 55.0 Å². The molecule has 0 aliphatic rings. The van der Waals surface area contributed by atoms with Crippen LogP contribution in [0.2, 0.25) is 10.0 Å². The van der Waals surface area contributed by atoms with Gasteiger partial charge in [-0.1, -0.05) is 50.9 Å². The van der Waals surface area contributed by atoms with Crippen molar-refractivity contribution in [3.63, 3.8) is 0 Å². The fourth-order valence-electron chi connectivity index (χ4n) is 2.11. The molecule has 0 saturated carbocycles. The number of hydrogen-bond donors (Lipinski definition) is 1. The van der Waals surface area contributed by atoms with Crippen LogP contribution in [0.5, 0.6) is 0 Å². The van der Waals surface area contributed by atoms with E-state index in [0.717, 1.165) is 41.4 Å². The third kappa shape index (κ3) is 4.98. The second kappa shape index (κ2) is 7.52. The second-order valence-electron chi connectivity index (χ2n) is 5.79. The van der Waals surface area contributed by atoms with Gasteiger partial charge in [-0.15, -0.1) is 0 Å². The van der Waals surface area contributed by atoms with Gasteiger partial charge in [-0.25, -0.2) is 0 Å². The molecule has 0 amide bonds. The van der Waals surface area contributed by atoms with Gasteiger partial charge in [0.2, 0.25) is 0 Å². The summed E-state index contributed by atoms with van der Waals surface area (Å²) in [6.45, 7) is 10.1. The van der Waals surface area contributed by atoms with Crippen molar-refractivity contribution in [1.29, 1.82) is 0 Å². The zero-order valence-electron chi connectivity index (χ0n) is 12.4. The van der Waals surface area contributed by atoms with Crippen molar-refractivity contribution < 1.29 is 0 Å². The Morgan fingerprint density at radius 2 is 1.89 bits per heavy atom. The zero-order valence-corrected chi connectivity index (χ0v) is 13.9. The summed E-state index contributed by atoms with van der Waals surface area (Å²) >= 11 is 12.4. The standard InChI is InChI=1S/C16H25Cl2N/c1-5-9-19-15(16(3,4)6-2)11-12-10-13(17)7-8-14(12)18/h7-8,10,15,19H,5-6,9,11H2,1-4H3. The number of rotatable bonds is 7. The van der Waals surface area contributed by atoms with E-state index in [2.05, 4.69) is 33.0 Å². The van der Waals surface area contributed by atoms with Gasteiger partial charge >= 0.3 is 0 Å². The molecule has 1 unspecified atom stereocenters. The maximum Gasteiger partial charge on any atom is 0.0439 e. The second-order valence-corrected chi connectivity index (χ2v) is 6.63. The van der Waals surface area contributed by atoms with Crippen LogP contribution in [0.4, 0.5) is 0 Å². The van der Waals surface area contributed by atoms with Crippen molar-refractivity contribution in [2.24, 2.45) is 5.41 Å². The van der Waals surface area contributed by atoms with E-state index < -0.39 is 0 Å². The molecule has 1 atom stereocenters. The van der Waals surface area contributed by atoms with Crippen molar-refractivity contribution >= 4 is 23.2 Å². The van der Waals surface area contributed by atoms with E-state index in [1.165, 1.54) is 0 Å². The summed E-state index contributed by atoms with van der Waals surface area (Å²) in [4.78, 5) is 0. The predicted octanol–water partition coefficient (Wildman–Crippen LogP) is 5.34. The molecular weight excluding hydrogens is 277 g/mol. The Balaban J connectivity index is 2.90. The Bertz CT molecular complexity index is 402. The van der Waals surface area contributed by atoms with E-state index >= 15 is 0 Å². The molecule has 0 spiro atoms. The topological polar surface area (TPSA) is 12.0 Å². The van der Waals surface area contributed by atoms with E-state index in [0.29, 0.717) is 6.04 Å². The first-order valence-electron chi connectivity index (χ1n) is 7.08. The molecule has 1 nitrogen and oxygen atoms in total. The molecule has 0 radical (unpaired) electrons. The highest BCUT2D eigenvalue weighted by Gasteiger charge is 2.27. The molecule has 1 aromatic carbocycles. The van der Waals surface area contributed by atoms with Crippen LogP contribution in [0, 0.1) is 5.41 Å². The average molecular weight is 302 g/mol. The summed E-state index contributed by atoms with van der Waals surface area (Å²) in [6, 6.07) is 6.12. The number of benzene rings is 1. The minimum atomic E-state index is 0.237. The summed E-state index contributed by atoms with van der Waals surface area (Å²) < 4.78 is 0. The van der Waals surface area contributed by atoms with E-state index in [1.54, 1.807) is 0 Å². The zero-order chi connectivity index (χ0) is 14.5. The van der Waals surface area contributed by atoms with Crippen LogP contribution in [-0.2, 0) is 6.42 Å². The smallest absolute Gasteiger partial charge is 0.0439 e. The van der Waals surface area contributed by atoms with Gasteiger partial charge in [0.05, 0.1) is 0 Å². The Morgan fingerprint density at radius 3 is 2.47 bits per heavy atom. The van der Waals surface area contributed by atoms with Crippen LogP contribution in [-0.4, -0.2) is 12.6 Å². The molecule has 0 heterocycles. The normalized spacial score (nSPS) is 13.6. The first-order valence-corrected chi connectivity index (χ1v) is 7.83. The van der Waals surface area contributed by atoms with Crippen molar-refractivity contribution in [2.45, 2.75) is 53.0 Å². The lowest BCUT2D eigenvalue weighted by atomic mass is 9.79. The molecule has 1 N–H and O–H groups in total. The first-order chi connectivity index (χ1) is 8.90. The SMILES string of the molecule is CCCNC(Cc1cc(Cl)ccc1Cl)C(C)(C)CC. The molecule has 0 aliphatic carbocycles. The third-order valence-electron chi connectivity index (χ3n) is 3.93. The van der Waals surface area contributed by atoms with Crippen LogP contribution >= 0.6 is 23.2 Å². The molecule has 0 saturated heterocycles. The average Bonchev–Trinajstić information content (AvgIpc) is 2.38. The molecule has 3 heteroatoms. The lowest BCUT2D eigenvalue weighted by molar-refractivity contribution is 0.230. The maximum atomic E-state index is 6.28. The van der Waals surface area contributed by atoms with Gasteiger partial charge < -0.3 is 5.32 Å². The van der Waals surface area contributed by atoms with Crippen LogP contribution in [0.3, 0.4) is 0 Å². The molecule has 0 aliphatic heterocycles. The largest absolute Gasteiger partial charge is 0.313 e. The highest BCUT2D eigenvalue weighted by Crippen LogP contribution is 2.30. The summed E-state index contributed by atoms with van der Waals surface area (Å²) in [5, 5.41) is 5.21. The van der Waals surface area contributed by atoms with Gasteiger partial charge in [-0.2, -0.15) is 0 Å². The van der Waals surface area contributed by atoms with E-state index in [9.17, 15) is 0 Å². The Morgan fingerprint density at radius 1 is 1.21 bits per heavy atom. The van der Waals surface area contributed by atoms with Crippen LogP contribution in [0.25, 0.3) is 0 Å². The highest BCUT2D eigenvalue weighted by molar-refractivity contribution is 6.33. The minimum Gasteiger partial charge on any atom is -0.313 e. The molecule has 0 aromatic heterocycles. The Labute approximate surface area is 127 Å². The van der Waals surface area contributed by atoms with Crippen molar-refractivity contribution in [1.82, 2.24) is 5.32 Å². The van der Waals surface area contributed by atoms with Gasteiger partial charge in [0.15, 0.2) is 0 Å². The quantitative estimate of drug-likeness (QED) is 0.717. The molecule has 108 valence electrons. The first kappa shape index (κ1) is 16.8. The van der Waals surface area contributed by atoms with Crippen molar-refractivity contribution in [3.05, 3.63) is 33.8 Å². The molecule has 19 heavy (non-hydrogen) atoms. The minimum absolute atomic E-state index is 0.237. The van der Waals surface area contributed by atoms with Crippen LogP contribution in [0.15, 0.2) is 18.2 Å². The number of hydrogen-bond acceptors (Lipinski definition) is 1. The van der Waals surface area contributed by atoms with Crippen LogP contribution in [0.1, 0.15) is 46.1 Å². The van der Waals surface area contributed by atoms with E-state index in [-0.39, 0.29) is 5.41 Å². The molecular formula is C16H25Cl2N. The van der Waals surface area contributed by atoms with Crippen LogP contribution < -0.4 is 5.32 Å². The monoisotopic (exact) mass is 301 g/mol. The van der Waals surface area contributed by atoms with Crippen molar-refractivity contribution in [2.75, 3.05) is 6.54 Å². The Kier molecular flexibility index (Phi) is 6.65. The number of halogens is 2. The molecule has 1 rings (SSSR count). The summed E-state index contributed by atoms with van der Waals surface area (Å²) in [5.74, 6) is 0. The fraction of sp³-hybridized carbons (Fsp3) is 0.625. The summed E-state index contributed by atoms with van der Waals surface area (Å²) in [7, 11) is 0. The fourth-order valence-corrected chi connectivity index (χ4v) is 2.50. The lowest BCUT2D eigenvalue weighted by Crippen LogP contribution is -2.43. The Hall–Kier alpha value is -0.240.